The van der Waals surface area contributed by atoms with Crippen molar-refractivity contribution in [2.45, 2.75) is 37.5 Å². The molecule has 27 heavy (non-hydrogen) atoms. The van der Waals surface area contributed by atoms with E-state index in [1.54, 1.807) is 7.11 Å². The molecular formula is C21H34IN3O2. The highest BCUT2D eigenvalue weighted by Gasteiger charge is 2.46. The van der Waals surface area contributed by atoms with Crippen molar-refractivity contribution in [2.75, 3.05) is 47.5 Å². The standard InChI is InChI=1S/C21H33N3O2.HI/c1-22-20(24(2)13-8-17-9-14-26-15-10-17)23-16-21(11-12-21)18-6-4-5-7-19(18)25-3;/h4-7,17H,8-16H2,1-3H3,(H,22,23);1H. The fourth-order valence-corrected chi connectivity index (χ4v) is 3.93. The second-order valence-electron chi connectivity index (χ2n) is 7.65. The van der Waals surface area contributed by atoms with E-state index < -0.39 is 0 Å². The summed E-state index contributed by atoms with van der Waals surface area (Å²) in [5.41, 5.74) is 1.50. The monoisotopic (exact) mass is 487 g/mol. The van der Waals surface area contributed by atoms with Crippen LogP contribution in [0.4, 0.5) is 0 Å². The summed E-state index contributed by atoms with van der Waals surface area (Å²) in [6.45, 7) is 3.78. The molecule has 0 aromatic heterocycles. The van der Waals surface area contributed by atoms with E-state index in [-0.39, 0.29) is 29.4 Å². The van der Waals surface area contributed by atoms with Gasteiger partial charge in [0.1, 0.15) is 5.75 Å². The number of hydrogen-bond donors (Lipinski definition) is 1. The number of aliphatic imine (C=N–C) groups is 1. The van der Waals surface area contributed by atoms with Crippen LogP contribution in [0.5, 0.6) is 5.75 Å². The fraction of sp³-hybridized carbons (Fsp3) is 0.667. The van der Waals surface area contributed by atoms with E-state index in [0.29, 0.717) is 0 Å². The molecular weight excluding hydrogens is 453 g/mol. The smallest absolute Gasteiger partial charge is 0.193 e. The lowest BCUT2D eigenvalue weighted by molar-refractivity contribution is 0.0625. The number of ether oxygens (including phenoxy) is 2. The third-order valence-electron chi connectivity index (χ3n) is 5.90. The van der Waals surface area contributed by atoms with Crippen LogP contribution in [-0.4, -0.2) is 58.4 Å². The predicted molar refractivity (Wildman–Crippen MR) is 121 cm³/mol. The maximum Gasteiger partial charge on any atom is 0.193 e. The fourth-order valence-electron chi connectivity index (χ4n) is 3.93. The lowest BCUT2D eigenvalue weighted by Gasteiger charge is -2.28. The Morgan fingerprint density at radius 3 is 2.63 bits per heavy atom. The van der Waals surface area contributed by atoms with Crippen molar-refractivity contribution in [3.63, 3.8) is 0 Å². The van der Waals surface area contributed by atoms with Gasteiger partial charge in [0.25, 0.3) is 0 Å². The average molecular weight is 487 g/mol. The highest BCUT2D eigenvalue weighted by molar-refractivity contribution is 14.0. The Kier molecular flexibility index (Phi) is 8.66. The van der Waals surface area contributed by atoms with Gasteiger partial charge in [0.15, 0.2) is 5.96 Å². The molecule has 3 rings (SSSR count). The zero-order valence-electron chi connectivity index (χ0n) is 16.9. The van der Waals surface area contributed by atoms with Gasteiger partial charge in [-0.05, 0) is 44.1 Å². The van der Waals surface area contributed by atoms with E-state index in [1.165, 1.54) is 37.7 Å². The van der Waals surface area contributed by atoms with Crippen molar-refractivity contribution >= 4 is 29.9 Å². The molecule has 1 saturated heterocycles. The molecule has 6 heteroatoms. The molecule has 152 valence electrons. The number of guanidine groups is 1. The molecule has 1 aromatic rings. The molecule has 1 aliphatic heterocycles. The minimum atomic E-state index is 0. The predicted octanol–water partition coefficient (Wildman–Crippen LogP) is 3.67. The molecule has 2 aliphatic rings. The Balaban J connectivity index is 0.00000261. The lowest BCUT2D eigenvalue weighted by Crippen LogP contribution is -2.43. The molecule has 2 fully saturated rings. The van der Waals surface area contributed by atoms with Crippen LogP contribution >= 0.6 is 24.0 Å². The second-order valence-corrected chi connectivity index (χ2v) is 7.65. The van der Waals surface area contributed by atoms with Crippen molar-refractivity contribution in [3.8, 4) is 5.75 Å². The Bertz CT molecular complexity index is 613. The van der Waals surface area contributed by atoms with Crippen molar-refractivity contribution in [1.29, 1.82) is 0 Å². The van der Waals surface area contributed by atoms with Crippen LogP contribution in [0.25, 0.3) is 0 Å². The number of benzene rings is 1. The van der Waals surface area contributed by atoms with Crippen LogP contribution in [0.15, 0.2) is 29.3 Å². The highest BCUT2D eigenvalue weighted by atomic mass is 127. The van der Waals surface area contributed by atoms with E-state index in [9.17, 15) is 0 Å². The number of hydrogen-bond acceptors (Lipinski definition) is 3. The molecule has 1 saturated carbocycles. The number of para-hydroxylation sites is 1. The lowest BCUT2D eigenvalue weighted by atomic mass is 9.95. The molecule has 0 spiro atoms. The van der Waals surface area contributed by atoms with Crippen molar-refractivity contribution in [1.82, 2.24) is 10.2 Å². The van der Waals surface area contributed by atoms with Crippen LogP contribution in [0.1, 0.15) is 37.7 Å². The van der Waals surface area contributed by atoms with Gasteiger partial charge in [0.05, 0.1) is 7.11 Å². The Morgan fingerprint density at radius 1 is 1.30 bits per heavy atom. The molecule has 0 atom stereocenters. The quantitative estimate of drug-likeness (QED) is 0.362. The third kappa shape index (κ3) is 5.73. The Morgan fingerprint density at radius 2 is 2.00 bits per heavy atom. The summed E-state index contributed by atoms with van der Waals surface area (Å²) in [6, 6.07) is 8.40. The average Bonchev–Trinajstić information content (AvgIpc) is 3.48. The molecule has 1 aromatic carbocycles. The summed E-state index contributed by atoms with van der Waals surface area (Å²) in [5.74, 6) is 2.76. The van der Waals surface area contributed by atoms with Gasteiger partial charge in [-0.15, -0.1) is 24.0 Å². The van der Waals surface area contributed by atoms with Gasteiger partial charge in [-0.25, -0.2) is 0 Å². The Hall–Kier alpha value is -1.02. The van der Waals surface area contributed by atoms with Crippen molar-refractivity contribution < 1.29 is 9.47 Å². The van der Waals surface area contributed by atoms with Crippen LogP contribution in [0, 0.1) is 5.92 Å². The summed E-state index contributed by atoms with van der Waals surface area (Å²) in [4.78, 5) is 6.75. The number of nitrogens with one attached hydrogen (secondary N) is 1. The maximum absolute atomic E-state index is 5.58. The zero-order chi connectivity index (χ0) is 18.4. The van der Waals surface area contributed by atoms with Crippen LogP contribution in [-0.2, 0) is 10.2 Å². The second kappa shape index (κ2) is 10.5. The summed E-state index contributed by atoms with van der Waals surface area (Å²) in [5, 5.41) is 3.61. The summed E-state index contributed by atoms with van der Waals surface area (Å²) < 4.78 is 11.0. The minimum absolute atomic E-state index is 0. The summed E-state index contributed by atoms with van der Waals surface area (Å²) >= 11 is 0. The van der Waals surface area contributed by atoms with Gasteiger partial charge in [-0.1, -0.05) is 18.2 Å². The number of nitrogens with zero attached hydrogens (tertiary/aromatic N) is 2. The van der Waals surface area contributed by atoms with E-state index >= 15 is 0 Å². The first-order valence-corrected chi connectivity index (χ1v) is 9.81. The van der Waals surface area contributed by atoms with Gasteiger partial charge >= 0.3 is 0 Å². The molecule has 1 aliphatic carbocycles. The SMILES string of the molecule is CN=C(NCC1(c2ccccc2OC)CC1)N(C)CCC1CCOCC1.I. The zero-order valence-corrected chi connectivity index (χ0v) is 19.2. The van der Waals surface area contributed by atoms with E-state index in [0.717, 1.165) is 43.9 Å². The number of halogens is 1. The Labute approximate surface area is 180 Å². The van der Waals surface area contributed by atoms with Gasteiger partial charge < -0.3 is 19.7 Å². The molecule has 1 N–H and O–H groups in total. The first-order valence-electron chi connectivity index (χ1n) is 9.81. The van der Waals surface area contributed by atoms with E-state index in [4.69, 9.17) is 9.47 Å². The molecule has 0 bridgehead atoms. The third-order valence-corrected chi connectivity index (χ3v) is 5.90. The molecule has 1 heterocycles. The first kappa shape index (κ1) is 22.3. The first-order chi connectivity index (χ1) is 12.7. The van der Waals surface area contributed by atoms with Crippen LogP contribution in [0.2, 0.25) is 0 Å². The molecule has 0 radical (unpaired) electrons. The maximum atomic E-state index is 5.58. The topological polar surface area (TPSA) is 46.1 Å². The summed E-state index contributed by atoms with van der Waals surface area (Å²) in [6.07, 6.45) is 5.98. The normalized spacial score (nSPS) is 19.1. The molecule has 0 unspecified atom stereocenters. The number of rotatable bonds is 7. The summed E-state index contributed by atoms with van der Waals surface area (Å²) in [7, 11) is 5.76. The van der Waals surface area contributed by atoms with E-state index in [1.807, 2.05) is 13.1 Å². The van der Waals surface area contributed by atoms with E-state index in [2.05, 4.69) is 40.5 Å². The van der Waals surface area contributed by atoms with Crippen LogP contribution in [0.3, 0.4) is 0 Å². The van der Waals surface area contributed by atoms with Gasteiger partial charge in [-0.2, -0.15) is 0 Å². The highest BCUT2D eigenvalue weighted by Crippen LogP contribution is 2.50. The molecule has 5 nitrogen and oxygen atoms in total. The molecule has 0 amide bonds. The van der Waals surface area contributed by atoms with Gasteiger partial charge in [0.2, 0.25) is 0 Å². The van der Waals surface area contributed by atoms with Gasteiger partial charge in [-0.3, -0.25) is 4.99 Å². The number of methoxy groups -OCH3 is 1. The van der Waals surface area contributed by atoms with Crippen LogP contribution < -0.4 is 10.1 Å². The van der Waals surface area contributed by atoms with Gasteiger partial charge in [0, 0.05) is 51.4 Å². The minimum Gasteiger partial charge on any atom is -0.496 e. The largest absolute Gasteiger partial charge is 0.496 e. The van der Waals surface area contributed by atoms with Crippen molar-refractivity contribution in [2.24, 2.45) is 10.9 Å². The van der Waals surface area contributed by atoms with Crippen molar-refractivity contribution in [3.05, 3.63) is 29.8 Å².